The topological polar surface area (TPSA) is 133 Å². The Hall–Kier alpha value is -3.36. The van der Waals surface area contributed by atoms with Crippen molar-refractivity contribution in [2.45, 2.75) is 25.5 Å². The molecule has 2 amide bonds. The van der Waals surface area contributed by atoms with Gasteiger partial charge in [0.25, 0.3) is 5.56 Å². The molecule has 4 N–H and O–H groups in total. The number of rotatable bonds is 5. The van der Waals surface area contributed by atoms with Crippen LogP contribution < -0.4 is 21.9 Å². The van der Waals surface area contributed by atoms with Crippen molar-refractivity contribution < 1.29 is 14.3 Å². The number of H-pyrrole nitrogens is 2. The number of carbonyl (C=O) groups excluding carboxylic acids is 2. The zero-order valence-electron chi connectivity index (χ0n) is 13.1. The van der Waals surface area contributed by atoms with E-state index >= 15 is 0 Å². The van der Waals surface area contributed by atoms with Crippen molar-refractivity contribution in [3.63, 3.8) is 0 Å². The summed E-state index contributed by atoms with van der Waals surface area (Å²) in [4.78, 5) is 50.3. The van der Waals surface area contributed by atoms with Crippen LogP contribution in [0, 0.1) is 0 Å². The number of nitrogens with one attached hydrogen (secondary N) is 4. The van der Waals surface area contributed by atoms with Crippen LogP contribution >= 0.6 is 0 Å². The number of hydrogen-bond donors (Lipinski definition) is 4. The predicted molar refractivity (Wildman–Crippen MR) is 88.4 cm³/mol. The molecule has 25 heavy (non-hydrogen) atoms. The van der Waals surface area contributed by atoms with Gasteiger partial charge in [-0.15, -0.1) is 0 Å². The third kappa shape index (κ3) is 4.80. The highest BCUT2D eigenvalue weighted by Crippen LogP contribution is 2.19. The van der Waals surface area contributed by atoms with Crippen molar-refractivity contribution in [1.29, 1.82) is 0 Å². The molecule has 1 heterocycles. The van der Waals surface area contributed by atoms with E-state index in [1.807, 2.05) is 4.98 Å². The highest BCUT2D eigenvalue weighted by atomic mass is 16.5. The monoisotopic (exact) mass is 344 g/mol. The molecule has 0 bridgehead atoms. The number of hydrogen-bond acceptors (Lipinski definition) is 5. The molecule has 0 saturated heterocycles. The first kappa shape index (κ1) is 16.5. The Morgan fingerprint density at radius 3 is 2.48 bits per heavy atom. The predicted octanol–water partition coefficient (Wildman–Crippen LogP) is 0.704. The first-order valence-corrected chi connectivity index (χ1v) is 7.67. The maximum Gasteiger partial charge on any atom is 0.338 e. The van der Waals surface area contributed by atoms with E-state index in [0.717, 1.165) is 18.9 Å². The summed E-state index contributed by atoms with van der Waals surface area (Å²) >= 11 is 0. The Morgan fingerprint density at radius 2 is 1.84 bits per heavy atom. The summed E-state index contributed by atoms with van der Waals surface area (Å²) in [6.45, 7) is -0.234. The van der Waals surface area contributed by atoms with E-state index in [9.17, 15) is 19.2 Å². The lowest BCUT2D eigenvalue weighted by Gasteiger charge is -2.08. The van der Waals surface area contributed by atoms with Gasteiger partial charge < -0.3 is 20.4 Å². The molecule has 0 unspecified atom stereocenters. The number of aromatic nitrogens is 2. The molecule has 0 radical (unpaired) electrons. The summed E-state index contributed by atoms with van der Waals surface area (Å²) in [5, 5.41) is 5.46. The second-order valence-corrected chi connectivity index (χ2v) is 5.64. The van der Waals surface area contributed by atoms with Crippen LogP contribution in [0.2, 0.25) is 0 Å². The molecule has 0 spiro atoms. The number of urea groups is 1. The van der Waals surface area contributed by atoms with Gasteiger partial charge >= 0.3 is 17.7 Å². The van der Waals surface area contributed by atoms with Crippen LogP contribution in [0.5, 0.6) is 0 Å². The molecule has 130 valence electrons. The van der Waals surface area contributed by atoms with Gasteiger partial charge in [-0.05, 0) is 37.1 Å². The molecule has 1 aromatic carbocycles. The van der Waals surface area contributed by atoms with E-state index in [2.05, 4.69) is 15.6 Å². The minimum Gasteiger partial charge on any atom is -0.456 e. The van der Waals surface area contributed by atoms with Gasteiger partial charge in [0.2, 0.25) is 0 Å². The molecular weight excluding hydrogens is 328 g/mol. The molecule has 0 aliphatic heterocycles. The Morgan fingerprint density at radius 1 is 1.12 bits per heavy atom. The van der Waals surface area contributed by atoms with Crippen LogP contribution in [0.25, 0.3) is 0 Å². The molecular formula is C16H16N4O5. The standard InChI is InChI=1S/C16H16N4O5/c21-13-7-12(19-16(24)20-13)8-25-14(22)9-1-3-10(4-2-9)17-15(23)18-11-5-6-11/h1-4,7,11H,5-6,8H2,(H2,17,18,23)(H2,19,20,21,24). The van der Waals surface area contributed by atoms with Gasteiger partial charge in [0, 0.05) is 17.8 Å². The van der Waals surface area contributed by atoms with Gasteiger partial charge in [0.15, 0.2) is 0 Å². The number of esters is 1. The quantitative estimate of drug-likeness (QED) is 0.593. The summed E-state index contributed by atoms with van der Waals surface area (Å²) < 4.78 is 5.04. The Labute approximate surface area is 141 Å². The van der Waals surface area contributed by atoms with Gasteiger partial charge in [-0.2, -0.15) is 0 Å². The lowest BCUT2D eigenvalue weighted by molar-refractivity contribution is 0.0467. The zero-order valence-corrected chi connectivity index (χ0v) is 13.1. The molecule has 1 aliphatic carbocycles. The molecule has 1 fully saturated rings. The lowest BCUT2D eigenvalue weighted by Crippen LogP contribution is -2.30. The van der Waals surface area contributed by atoms with Crippen LogP contribution in [0.1, 0.15) is 28.9 Å². The maximum atomic E-state index is 12.0. The Kier molecular flexibility index (Phi) is 4.64. The molecule has 0 atom stereocenters. The number of anilines is 1. The smallest absolute Gasteiger partial charge is 0.338 e. The van der Waals surface area contributed by atoms with Crippen molar-refractivity contribution >= 4 is 17.7 Å². The van der Waals surface area contributed by atoms with Gasteiger partial charge in [-0.3, -0.25) is 9.78 Å². The van der Waals surface area contributed by atoms with Gasteiger partial charge in [-0.1, -0.05) is 0 Å². The van der Waals surface area contributed by atoms with Crippen LogP contribution in [0.3, 0.4) is 0 Å². The number of amides is 2. The fourth-order valence-electron chi connectivity index (χ4n) is 2.09. The van der Waals surface area contributed by atoms with E-state index in [1.54, 1.807) is 12.1 Å². The van der Waals surface area contributed by atoms with Crippen LogP contribution in [0.4, 0.5) is 10.5 Å². The summed E-state index contributed by atoms with van der Waals surface area (Å²) in [6, 6.07) is 7.30. The van der Waals surface area contributed by atoms with Crippen molar-refractivity contribution in [2.75, 3.05) is 5.32 Å². The molecule has 3 rings (SSSR count). The highest BCUT2D eigenvalue weighted by Gasteiger charge is 2.23. The molecule has 1 aliphatic rings. The van der Waals surface area contributed by atoms with Crippen molar-refractivity contribution in [3.8, 4) is 0 Å². The van der Waals surface area contributed by atoms with E-state index < -0.39 is 17.2 Å². The van der Waals surface area contributed by atoms with Crippen LogP contribution in [-0.2, 0) is 11.3 Å². The van der Waals surface area contributed by atoms with Crippen LogP contribution in [-0.4, -0.2) is 28.0 Å². The Bertz CT molecular complexity index is 867. The largest absolute Gasteiger partial charge is 0.456 e. The fraction of sp³-hybridized carbons (Fsp3) is 0.250. The normalized spacial score (nSPS) is 13.1. The first-order chi connectivity index (χ1) is 12.0. The minimum absolute atomic E-state index is 0.192. The van der Waals surface area contributed by atoms with Crippen LogP contribution in [0.15, 0.2) is 39.9 Å². The van der Waals surface area contributed by atoms with Crippen molar-refractivity contribution in [2.24, 2.45) is 0 Å². The zero-order chi connectivity index (χ0) is 17.8. The minimum atomic E-state index is -0.668. The summed E-state index contributed by atoms with van der Waals surface area (Å²) in [5.41, 5.74) is -0.223. The SMILES string of the molecule is O=C(Nc1ccc(C(=O)OCc2cc(=O)[nH]c(=O)[nH]2)cc1)NC1CC1. The van der Waals surface area contributed by atoms with Crippen molar-refractivity contribution in [1.82, 2.24) is 15.3 Å². The van der Waals surface area contributed by atoms with Gasteiger partial charge in [0.1, 0.15) is 6.61 Å². The third-order valence-corrected chi connectivity index (χ3v) is 3.47. The summed E-state index contributed by atoms with van der Waals surface area (Å²) in [6.07, 6.45) is 1.99. The second-order valence-electron chi connectivity index (χ2n) is 5.64. The molecule has 1 aromatic heterocycles. The lowest BCUT2D eigenvalue weighted by atomic mass is 10.2. The van der Waals surface area contributed by atoms with Gasteiger partial charge in [0.05, 0.1) is 11.3 Å². The number of carbonyl (C=O) groups is 2. The molecule has 2 aromatic rings. The third-order valence-electron chi connectivity index (χ3n) is 3.47. The van der Waals surface area contributed by atoms with E-state index in [1.165, 1.54) is 12.1 Å². The maximum absolute atomic E-state index is 12.0. The number of ether oxygens (including phenoxy) is 1. The van der Waals surface area contributed by atoms with E-state index in [-0.39, 0.29) is 29.9 Å². The summed E-state index contributed by atoms with van der Waals surface area (Å²) in [5.74, 6) is -0.616. The molecule has 9 heteroatoms. The highest BCUT2D eigenvalue weighted by molar-refractivity contribution is 5.92. The number of aromatic amines is 2. The first-order valence-electron chi connectivity index (χ1n) is 7.67. The average Bonchev–Trinajstić information content (AvgIpc) is 3.36. The summed E-state index contributed by atoms with van der Waals surface area (Å²) in [7, 11) is 0. The Balaban J connectivity index is 1.55. The number of benzene rings is 1. The van der Waals surface area contributed by atoms with Crippen molar-refractivity contribution in [3.05, 3.63) is 62.4 Å². The molecule has 1 saturated carbocycles. The van der Waals surface area contributed by atoms with E-state index in [0.29, 0.717) is 5.69 Å². The second kappa shape index (κ2) is 7.04. The van der Waals surface area contributed by atoms with E-state index in [4.69, 9.17) is 4.74 Å². The fourth-order valence-corrected chi connectivity index (χ4v) is 2.09. The molecule has 9 nitrogen and oxygen atoms in total. The average molecular weight is 344 g/mol. The van der Waals surface area contributed by atoms with Gasteiger partial charge in [-0.25, -0.2) is 14.4 Å².